The molecule has 1 fully saturated rings. The lowest BCUT2D eigenvalue weighted by molar-refractivity contribution is -0.122. The number of Topliss-reactive ketones (excluding diaryl/α,β-unsaturated/α-hetero) is 1. The van der Waals surface area contributed by atoms with Crippen LogP contribution in [0.15, 0.2) is 54.1 Å². The molecule has 2 heteroatoms. The molecule has 0 amide bonds. The van der Waals surface area contributed by atoms with E-state index in [9.17, 15) is 4.79 Å². The molecule has 2 nitrogen and oxygen atoms in total. The minimum absolute atomic E-state index is 0.177. The first kappa shape index (κ1) is 18.4. The standard InChI is InChI=1S/C24H28O2/c1-16(2)22-14-5-17(3)23(24(22)25)15-18-6-8-19(9-7-18)20-10-12-21(26-4)13-11-20/h6-13,15-17,22H,5,14H2,1-4H3/t17-,22-/m1/s1. The molecule has 26 heavy (non-hydrogen) atoms. The molecule has 0 aromatic heterocycles. The van der Waals surface area contributed by atoms with Gasteiger partial charge < -0.3 is 4.74 Å². The fourth-order valence-corrected chi connectivity index (χ4v) is 3.76. The van der Waals surface area contributed by atoms with Gasteiger partial charge in [0.2, 0.25) is 0 Å². The van der Waals surface area contributed by atoms with Crippen LogP contribution in [0.3, 0.4) is 0 Å². The van der Waals surface area contributed by atoms with Crippen LogP contribution >= 0.6 is 0 Å². The van der Waals surface area contributed by atoms with Crippen molar-refractivity contribution in [1.29, 1.82) is 0 Å². The largest absolute Gasteiger partial charge is 0.497 e. The predicted molar refractivity (Wildman–Crippen MR) is 108 cm³/mol. The number of allylic oxidation sites excluding steroid dienone is 1. The molecule has 0 radical (unpaired) electrons. The molecule has 0 unspecified atom stereocenters. The van der Waals surface area contributed by atoms with Gasteiger partial charge in [-0.3, -0.25) is 4.79 Å². The van der Waals surface area contributed by atoms with Gasteiger partial charge in [0.1, 0.15) is 5.75 Å². The maximum atomic E-state index is 12.9. The monoisotopic (exact) mass is 348 g/mol. The normalized spacial score (nSPS) is 22.0. The van der Waals surface area contributed by atoms with E-state index in [2.05, 4.69) is 63.2 Å². The molecule has 0 aliphatic heterocycles. The highest BCUT2D eigenvalue weighted by Crippen LogP contribution is 2.35. The lowest BCUT2D eigenvalue weighted by Gasteiger charge is -2.30. The highest BCUT2D eigenvalue weighted by atomic mass is 16.5. The van der Waals surface area contributed by atoms with E-state index in [1.54, 1.807) is 7.11 Å². The van der Waals surface area contributed by atoms with Gasteiger partial charge in [-0.05, 0) is 65.1 Å². The summed E-state index contributed by atoms with van der Waals surface area (Å²) in [6.07, 6.45) is 4.22. The maximum Gasteiger partial charge on any atom is 0.162 e. The fraction of sp³-hybridized carbons (Fsp3) is 0.375. The summed E-state index contributed by atoms with van der Waals surface area (Å²) in [5, 5.41) is 0. The van der Waals surface area contributed by atoms with E-state index >= 15 is 0 Å². The van der Waals surface area contributed by atoms with Crippen LogP contribution in [0.2, 0.25) is 0 Å². The minimum Gasteiger partial charge on any atom is -0.497 e. The van der Waals surface area contributed by atoms with E-state index in [1.807, 2.05) is 12.1 Å². The Balaban J connectivity index is 1.83. The lowest BCUT2D eigenvalue weighted by Crippen LogP contribution is -2.30. The third-order valence-corrected chi connectivity index (χ3v) is 5.52. The molecule has 1 aliphatic rings. The highest BCUT2D eigenvalue weighted by molar-refractivity contribution is 6.02. The molecule has 0 spiro atoms. The van der Waals surface area contributed by atoms with Gasteiger partial charge in [0.25, 0.3) is 0 Å². The van der Waals surface area contributed by atoms with E-state index in [-0.39, 0.29) is 5.92 Å². The number of hydrogen-bond donors (Lipinski definition) is 0. The molecule has 1 saturated carbocycles. The first-order chi connectivity index (χ1) is 12.5. The van der Waals surface area contributed by atoms with Crippen molar-refractivity contribution in [2.24, 2.45) is 17.8 Å². The van der Waals surface area contributed by atoms with Crippen LogP contribution in [-0.4, -0.2) is 12.9 Å². The number of rotatable bonds is 4. The number of hydrogen-bond acceptors (Lipinski definition) is 2. The molecule has 1 aliphatic carbocycles. The van der Waals surface area contributed by atoms with Crippen molar-refractivity contribution in [3.63, 3.8) is 0 Å². The van der Waals surface area contributed by atoms with Gasteiger partial charge in [-0.2, -0.15) is 0 Å². The van der Waals surface area contributed by atoms with Gasteiger partial charge in [0.05, 0.1) is 7.11 Å². The van der Waals surface area contributed by atoms with Crippen molar-refractivity contribution in [2.75, 3.05) is 7.11 Å². The molecular weight excluding hydrogens is 320 g/mol. The Hall–Kier alpha value is -2.35. The number of benzene rings is 2. The van der Waals surface area contributed by atoms with Crippen LogP contribution in [0.4, 0.5) is 0 Å². The third-order valence-electron chi connectivity index (χ3n) is 5.52. The second-order valence-electron chi connectivity index (χ2n) is 7.64. The summed E-state index contributed by atoms with van der Waals surface area (Å²) in [5.41, 5.74) is 4.42. The number of ketones is 1. The number of carbonyl (C=O) groups excluding carboxylic acids is 1. The average molecular weight is 348 g/mol. The third kappa shape index (κ3) is 3.90. The predicted octanol–water partition coefficient (Wildman–Crippen LogP) is 6.02. The summed E-state index contributed by atoms with van der Waals surface area (Å²) < 4.78 is 5.21. The van der Waals surface area contributed by atoms with Crippen LogP contribution in [0.25, 0.3) is 17.2 Å². The van der Waals surface area contributed by atoms with Crippen LogP contribution in [-0.2, 0) is 4.79 Å². The molecule has 0 N–H and O–H groups in total. The highest BCUT2D eigenvalue weighted by Gasteiger charge is 2.32. The van der Waals surface area contributed by atoms with Crippen LogP contribution in [0.5, 0.6) is 5.75 Å². The second-order valence-corrected chi connectivity index (χ2v) is 7.64. The smallest absolute Gasteiger partial charge is 0.162 e. The Bertz CT molecular complexity index is 782. The van der Waals surface area contributed by atoms with E-state index in [0.29, 0.717) is 17.6 Å². The molecular formula is C24H28O2. The van der Waals surface area contributed by atoms with Crippen molar-refractivity contribution < 1.29 is 9.53 Å². The summed E-state index contributed by atoms with van der Waals surface area (Å²) in [7, 11) is 1.68. The van der Waals surface area contributed by atoms with Gasteiger partial charge in [0, 0.05) is 5.92 Å². The van der Waals surface area contributed by atoms with Gasteiger partial charge >= 0.3 is 0 Å². The first-order valence-corrected chi connectivity index (χ1v) is 9.50. The van der Waals surface area contributed by atoms with Crippen molar-refractivity contribution >= 4 is 11.9 Å². The molecule has 0 bridgehead atoms. The van der Waals surface area contributed by atoms with E-state index < -0.39 is 0 Å². The van der Waals surface area contributed by atoms with Crippen molar-refractivity contribution in [3.05, 3.63) is 59.7 Å². The van der Waals surface area contributed by atoms with Crippen LogP contribution in [0.1, 0.15) is 39.2 Å². The molecule has 2 atom stereocenters. The molecule has 3 rings (SSSR count). The minimum atomic E-state index is 0.177. The molecule has 0 heterocycles. The first-order valence-electron chi connectivity index (χ1n) is 9.50. The quantitative estimate of drug-likeness (QED) is 0.632. The summed E-state index contributed by atoms with van der Waals surface area (Å²) in [5.74, 6) is 2.14. The van der Waals surface area contributed by atoms with Crippen LogP contribution in [0, 0.1) is 17.8 Å². The Morgan fingerprint density at radius 3 is 2.08 bits per heavy atom. The number of carbonyl (C=O) groups is 1. The number of methoxy groups -OCH3 is 1. The summed E-state index contributed by atoms with van der Waals surface area (Å²) in [6, 6.07) is 16.5. The topological polar surface area (TPSA) is 26.3 Å². The molecule has 2 aromatic rings. The summed E-state index contributed by atoms with van der Waals surface area (Å²) in [4.78, 5) is 12.9. The van der Waals surface area contributed by atoms with Crippen LogP contribution < -0.4 is 4.74 Å². The zero-order chi connectivity index (χ0) is 18.7. The summed E-state index contributed by atoms with van der Waals surface area (Å²) in [6.45, 7) is 6.48. The van der Waals surface area contributed by atoms with E-state index in [0.717, 1.165) is 40.9 Å². The second kappa shape index (κ2) is 7.90. The fourth-order valence-electron chi connectivity index (χ4n) is 3.76. The molecule has 0 saturated heterocycles. The van der Waals surface area contributed by atoms with Crippen molar-refractivity contribution in [3.8, 4) is 16.9 Å². The summed E-state index contributed by atoms with van der Waals surface area (Å²) >= 11 is 0. The Kier molecular flexibility index (Phi) is 5.61. The number of ether oxygens (including phenoxy) is 1. The van der Waals surface area contributed by atoms with Gasteiger partial charge in [-0.15, -0.1) is 0 Å². The average Bonchev–Trinajstić information content (AvgIpc) is 2.65. The molecule has 136 valence electrons. The Morgan fingerprint density at radius 1 is 0.962 bits per heavy atom. The lowest BCUT2D eigenvalue weighted by atomic mass is 9.73. The zero-order valence-electron chi connectivity index (χ0n) is 16.2. The van der Waals surface area contributed by atoms with Crippen molar-refractivity contribution in [1.82, 2.24) is 0 Å². The van der Waals surface area contributed by atoms with Gasteiger partial charge in [-0.25, -0.2) is 0 Å². The van der Waals surface area contributed by atoms with E-state index in [1.165, 1.54) is 0 Å². The van der Waals surface area contributed by atoms with Gasteiger partial charge in [0.15, 0.2) is 5.78 Å². The van der Waals surface area contributed by atoms with Gasteiger partial charge in [-0.1, -0.05) is 57.2 Å². The van der Waals surface area contributed by atoms with E-state index in [4.69, 9.17) is 4.74 Å². The zero-order valence-corrected chi connectivity index (χ0v) is 16.2. The Labute approximate surface area is 156 Å². The Morgan fingerprint density at radius 2 is 1.54 bits per heavy atom. The SMILES string of the molecule is COc1ccc(-c2ccc(C=C3C(=O)[C@@H](C(C)C)CC[C@H]3C)cc2)cc1. The molecule has 2 aromatic carbocycles. The maximum absolute atomic E-state index is 12.9. The van der Waals surface area contributed by atoms with Crippen molar-refractivity contribution in [2.45, 2.75) is 33.6 Å².